The topological polar surface area (TPSA) is 122 Å². The van der Waals surface area contributed by atoms with Crippen LogP contribution in [0.15, 0.2) is 86.0 Å². The molecule has 0 aliphatic rings. The monoisotopic (exact) mass is 463 g/mol. The van der Waals surface area contributed by atoms with Gasteiger partial charge in [0.05, 0.1) is 36.2 Å². The van der Waals surface area contributed by atoms with Crippen LogP contribution in [0.4, 0.5) is 22.7 Å². The average Bonchev–Trinajstić information content (AvgIpc) is 2.77. The van der Waals surface area contributed by atoms with E-state index in [2.05, 4.69) is 20.5 Å². The Balaban J connectivity index is 0.00000363. The second-order valence-corrected chi connectivity index (χ2v) is 7.80. The quantitative estimate of drug-likeness (QED) is 0.273. The summed E-state index contributed by atoms with van der Waals surface area (Å²) in [6.07, 6.45) is 0. The van der Waals surface area contributed by atoms with Gasteiger partial charge in [-0.1, -0.05) is 0 Å². The molecule has 0 saturated carbocycles. The van der Waals surface area contributed by atoms with Crippen LogP contribution in [0, 0.1) is 6.92 Å². The van der Waals surface area contributed by atoms with Crippen molar-refractivity contribution in [3.8, 4) is 11.5 Å². The zero-order valence-electron chi connectivity index (χ0n) is 18.1. The summed E-state index contributed by atoms with van der Waals surface area (Å²) in [5, 5.41) is 16.8. The van der Waals surface area contributed by atoms with Gasteiger partial charge >= 0.3 is 0 Å². The molecular formula is C21H20N4NaO5S. The fraction of sp³-hybridized carbons (Fsp3) is 0.143. The van der Waals surface area contributed by atoms with Crippen LogP contribution < -0.4 is 9.47 Å². The minimum Gasteiger partial charge on any atom is -0.497 e. The Morgan fingerprint density at radius 1 is 0.750 bits per heavy atom. The summed E-state index contributed by atoms with van der Waals surface area (Å²) in [6.45, 7) is 1.85. The molecule has 0 aromatic heterocycles. The normalized spacial score (nSPS) is 11.5. The van der Waals surface area contributed by atoms with E-state index in [9.17, 15) is 8.42 Å². The van der Waals surface area contributed by atoms with E-state index in [1.54, 1.807) is 43.5 Å². The summed E-state index contributed by atoms with van der Waals surface area (Å²) >= 11 is 0. The first-order valence-electron chi connectivity index (χ1n) is 9.04. The standard InChI is InChI=1S/C21H20N4O5S.Na/c1-14-12-20(25-23-15-4-8-17(29-2)9-5-15)21(30-3)13-19(14)24-22-16-6-10-18(11-7-16)31(26,27)28;/h4-13H,1-3H3,(H,26,27,28);. The largest absolute Gasteiger partial charge is 0.497 e. The molecule has 0 fully saturated rings. The number of aryl methyl sites for hydroxylation is 1. The van der Waals surface area contributed by atoms with Gasteiger partial charge in [-0.05, 0) is 67.1 Å². The summed E-state index contributed by atoms with van der Waals surface area (Å²) in [7, 11) is -1.14. The van der Waals surface area contributed by atoms with Crippen molar-refractivity contribution >= 4 is 62.4 Å². The molecule has 161 valence electrons. The third kappa shape index (κ3) is 6.68. The first-order valence-corrected chi connectivity index (χ1v) is 10.5. The molecule has 3 rings (SSSR count). The molecule has 0 aliphatic heterocycles. The van der Waals surface area contributed by atoms with Crippen LogP contribution in [-0.2, 0) is 10.1 Å². The van der Waals surface area contributed by atoms with Crippen molar-refractivity contribution in [1.82, 2.24) is 0 Å². The van der Waals surface area contributed by atoms with Crippen LogP contribution in [0.1, 0.15) is 5.56 Å². The number of benzene rings is 3. The molecule has 0 saturated heterocycles. The number of azo groups is 2. The molecule has 3 aromatic carbocycles. The third-order valence-electron chi connectivity index (χ3n) is 4.25. The number of hydrogen-bond donors (Lipinski definition) is 1. The van der Waals surface area contributed by atoms with Crippen molar-refractivity contribution in [2.45, 2.75) is 11.8 Å². The van der Waals surface area contributed by atoms with Crippen molar-refractivity contribution < 1.29 is 22.4 Å². The van der Waals surface area contributed by atoms with E-state index < -0.39 is 10.1 Å². The van der Waals surface area contributed by atoms with Crippen LogP contribution >= 0.6 is 0 Å². The van der Waals surface area contributed by atoms with Gasteiger partial charge in [0.2, 0.25) is 0 Å². The zero-order chi connectivity index (χ0) is 22.4. The van der Waals surface area contributed by atoms with E-state index in [0.717, 1.165) is 11.3 Å². The van der Waals surface area contributed by atoms with Gasteiger partial charge in [0.1, 0.15) is 17.2 Å². The first kappa shape index (κ1) is 25.6. The van der Waals surface area contributed by atoms with Gasteiger partial charge in [0, 0.05) is 35.6 Å². The van der Waals surface area contributed by atoms with Crippen LogP contribution in [0.3, 0.4) is 0 Å². The Morgan fingerprint density at radius 3 is 1.78 bits per heavy atom. The maximum Gasteiger partial charge on any atom is 0.294 e. The molecular weight excluding hydrogens is 443 g/mol. The SMILES string of the molecule is COc1ccc(N=Nc2cc(C)c(N=Nc3ccc(S(=O)(=O)O)cc3)cc2OC)cc1.[Na]. The average molecular weight is 463 g/mol. The van der Waals surface area contributed by atoms with E-state index in [0.29, 0.717) is 28.5 Å². The van der Waals surface area contributed by atoms with Crippen molar-refractivity contribution in [3.63, 3.8) is 0 Å². The molecule has 0 spiro atoms. The van der Waals surface area contributed by atoms with E-state index >= 15 is 0 Å². The summed E-state index contributed by atoms with van der Waals surface area (Å²) in [6, 6.07) is 16.0. The number of nitrogens with zero attached hydrogens (tertiary/aromatic N) is 4. The minimum atomic E-state index is -4.25. The molecule has 1 radical (unpaired) electrons. The molecule has 0 amide bonds. The van der Waals surface area contributed by atoms with Crippen molar-refractivity contribution in [3.05, 3.63) is 66.2 Å². The second-order valence-electron chi connectivity index (χ2n) is 6.38. The number of rotatable bonds is 7. The molecule has 0 heterocycles. The molecule has 9 nitrogen and oxygen atoms in total. The molecule has 1 N–H and O–H groups in total. The predicted octanol–water partition coefficient (Wildman–Crippen LogP) is 5.71. The van der Waals surface area contributed by atoms with Gasteiger partial charge < -0.3 is 9.47 Å². The van der Waals surface area contributed by atoms with E-state index in [1.807, 2.05) is 6.92 Å². The summed E-state index contributed by atoms with van der Waals surface area (Å²) in [5.41, 5.74) is 2.97. The van der Waals surface area contributed by atoms with Crippen molar-refractivity contribution in [2.75, 3.05) is 14.2 Å². The molecule has 0 bridgehead atoms. The summed E-state index contributed by atoms with van der Waals surface area (Å²) < 4.78 is 41.8. The van der Waals surface area contributed by atoms with Gasteiger partial charge in [0.25, 0.3) is 10.1 Å². The van der Waals surface area contributed by atoms with Crippen LogP contribution in [0.5, 0.6) is 11.5 Å². The van der Waals surface area contributed by atoms with Gasteiger partial charge in [-0.25, -0.2) is 0 Å². The fourth-order valence-corrected chi connectivity index (χ4v) is 3.05. The molecule has 0 aliphatic carbocycles. The molecule has 0 atom stereocenters. The van der Waals surface area contributed by atoms with Gasteiger partial charge in [-0.3, -0.25) is 4.55 Å². The Labute approximate surface area is 208 Å². The van der Waals surface area contributed by atoms with Gasteiger partial charge in [0.15, 0.2) is 0 Å². The fourth-order valence-electron chi connectivity index (χ4n) is 2.57. The number of ether oxygens (including phenoxy) is 2. The Bertz CT molecular complexity index is 1230. The second kappa shape index (κ2) is 11.3. The van der Waals surface area contributed by atoms with Crippen LogP contribution in [0.2, 0.25) is 0 Å². The van der Waals surface area contributed by atoms with E-state index in [4.69, 9.17) is 14.0 Å². The smallest absolute Gasteiger partial charge is 0.294 e. The predicted molar refractivity (Wildman–Crippen MR) is 121 cm³/mol. The molecule has 3 aromatic rings. The Morgan fingerprint density at radius 2 is 1.28 bits per heavy atom. The van der Waals surface area contributed by atoms with Gasteiger partial charge in [-0.2, -0.15) is 23.8 Å². The van der Waals surface area contributed by atoms with Crippen LogP contribution in [0.25, 0.3) is 0 Å². The number of methoxy groups -OCH3 is 2. The van der Waals surface area contributed by atoms with Gasteiger partial charge in [-0.15, -0.1) is 5.11 Å². The summed E-state index contributed by atoms with van der Waals surface area (Å²) in [4.78, 5) is -0.212. The molecule has 32 heavy (non-hydrogen) atoms. The van der Waals surface area contributed by atoms with E-state index in [1.165, 1.54) is 31.4 Å². The molecule has 11 heteroatoms. The number of hydrogen-bond acceptors (Lipinski definition) is 8. The summed E-state index contributed by atoms with van der Waals surface area (Å²) in [5.74, 6) is 1.20. The molecule has 0 unspecified atom stereocenters. The van der Waals surface area contributed by atoms with E-state index in [-0.39, 0.29) is 34.5 Å². The maximum absolute atomic E-state index is 11.1. The maximum atomic E-state index is 11.1. The van der Waals surface area contributed by atoms with Crippen molar-refractivity contribution in [1.29, 1.82) is 0 Å². The third-order valence-corrected chi connectivity index (χ3v) is 5.12. The zero-order valence-corrected chi connectivity index (χ0v) is 20.9. The minimum absolute atomic E-state index is 0. The first-order chi connectivity index (χ1) is 14.8. The van der Waals surface area contributed by atoms with Crippen molar-refractivity contribution in [2.24, 2.45) is 20.5 Å². The Hall–Kier alpha value is -2.63. The Kier molecular flexibility index (Phi) is 9.05. The van der Waals surface area contributed by atoms with Crippen LogP contribution in [-0.4, -0.2) is 56.7 Å².